The van der Waals surface area contributed by atoms with Crippen molar-refractivity contribution in [2.75, 3.05) is 18.1 Å². The third-order valence-electron chi connectivity index (χ3n) is 3.36. The first-order valence-electron chi connectivity index (χ1n) is 6.28. The van der Waals surface area contributed by atoms with Crippen LogP contribution in [0.4, 0.5) is 0 Å². The molecule has 18 heavy (non-hydrogen) atoms. The third kappa shape index (κ3) is 3.16. The van der Waals surface area contributed by atoms with Crippen LogP contribution in [0.1, 0.15) is 23.2 Å². The van der Waals surface area contributed by atoms with Crippen LogP contribution >= 0.6 is 11.8 Å². The second kappa shape index (κ2) is 6.41. The van der Waals surface area contributed by atoms with Gasteiger partial charge in [0, 0.05) is 23.9 Å². The van der Waals surface area contributed by atoms with Crippen molar-refractivity contribution in [1.82, 2.24) is 10.3 Å². The fourth-order valence-corrected chi connectivity index (χ4v) is 3.45. The van der Waals surface area contributed by atoms with Crippen molar-refractivity contribution in [3.05, 3.63) is 23.0 Å². The quantitative estimate of drug-likeness (QED) is 0.754. The first-order valence-corrected chi connectivity index (χ1v) is 7.43. The molecule has 0 radical (unpaired) electrons. The predicted molar refractivity (Wildman–Crippen MR) is 73.7 cm³/mol. The van der Waals surface area contributed by atoms with Crippen molar-refractivity contribution >= 4 is 11.8 Å². The van der Waals surface area contributed by atoms with Gasteiger partial charge in [-0.05, 0) is 37.3 Å². The molecular weight excluding hydrogens is 248 g/mol. The Balaban J connectivity index is 1.96. The Kier molecular flexibility index (Phi) is 4.86. The maximum atomic E-state index is 9.98. The van der Waals surface area contributed by atoms with Gasteiger partial charge in [-0.2, -0.15) is 11.8 Å². The molecule has 0 spiro atoms. The van der Waals surface area contributed by atoms with Gasteiger partial charge in [-0.1, -0.05) is 0 Å². The third-order valence-corrected chi connectivity index (χ3v) is 4.59. The summed E-state index contributed by atoms with van der Waals surface area (Å²) in [5, 5.41) is 22.6. The second-order valence-electron chi connectivity index (χ2n) is 4.71. The molecule has 1 aromatic heterocycles. The van der Waals surface area contributed by atoms with Gasteiger partial charge in [-0.25, -0.2) is 0 Å². The number of hydrogen-bond acceptors (Lipinski definition) is 5. The lowest BCUT2D eigenvalue weighted by atomic mass is 10.1. The molecule has 2 heterocycles. The number of aryl methyl sites for hydroxylation is 1. The Morgan fingerprint density at radius 3 is 3.06 bits per heavy atom. The number of nitrogens with zero attached hydrogens (tertiary/aromatic N) is 1. The van der Waals surface area contributed by atoms with Gasteiger partial charge >= 0.3 is 0 Å². The second-order valence-corrected chi connectivity index (χ2v) is 5.86. The molecule has 100 valence electrons. The first-order chi connectivity index (χ1) is 8.72. The van der Waals surface area contributed by atoms with Gasteiger partial charge < -0.3 is 15.5 Å². The molecule has 0 bridgehead atoms. The number of thioether (sulfide) groups is 1. The van der Waals surface area contributed by atoms with Crippen LogP contribution in [0.3, 0.4) is 0 Å². The molecule has 1 aliphatic heterocycles. The monoisotopic (exact) mass is 268 g/mol. The number of aliphatic hydroxyl groups excluding tert-OH is 1. The van der Waals surface area contributed by atoms with Crippen LogP contribution in [0, 0.1) is 12.8 Å². The van der Waals surface area contributed by atoms with Gasteiger partial charge in [0.25, 0.3) is 0 Å². The Morgan fingerprint density at radius 1 is 1.56 bits per heavy atom. The minimum absolute atomic E-state index is 0.0862. The normalized spacial score (nSPS) is 19.3. The summed E-state index contributed by atoms with van der Waals surface area (Å²) in [6, 6.07) is 0. The summed E-state index contributed by atoms with van der Waals surface area (Å²) in [4.78, 5) is 4.05. The summed E-state index contributed by atoms with van der Waals surface area (Å²) < 4.78 is 0. The molecule has 1 unspecified atom stereocenters. The Morgan fingerprint density at radius 2 is 2.39 bits per heavy atom. The van der Waals surface area contributed by atoms with E-state index in [-0.39, 0.29) is 12.4 Å². The van der Waals surface area contributed by atoms with Gasteiger partial charge in [0.1, 0.15) is 5.75 Å². The van der Waals surface area contributed by atoms with Crippen LogP contribution in [0.2, 0.25) is 0 Å². The standard InChI is InChI=1S/C13H20N2O2S/c1-9-13(17)12(11(7-16)5-15-9)6-14-4-10-2-3-18-8-10/h5,10,14,16-17H,2-4,6-8H2,1H3. The molecule has 1 fully saturated rings. The van der Waals surface area contributed by atoms with E-state index >= 15 is 0 Å². The lowest BCUT2D eigenvalue weighted by Crippen LogP contribution is -2.23. The van der Waals surface area contributed by atoms with Crippen molar-refractivity contribution in [3.8, 4) is 5.75 Å². The number of rotatable bonds is 5. The van der Waals surface area contributed by atoms with E-state index in [1.54, 1.807) is 13.1 Å². The molecular formula is C13H20N2O2S. The van der Waals surface area contributed by atoms with E-state index in [2.05, 4.69) is 10.3 Å². The number of aliphatic hydroxyl groups is 1. The molecule has 3 N–H and O–H groups in total. The van der Waals surface area contributed by atoms with Crippen LogP contribution in [0.5, 0.6) is 5.75 Å². The fourth-order valence-electron chi connectivity index (χ4n) is 2.16. The van der Waals surface area contributed by atoms with Crippen LogP contribution in [-0.4, -0.2) is 33.2 Å². The number of aromatic hydroxyl groups is 1. The number of pyridine rings is 1. The van der Waals surface area contributed by atoms with Crippen molar-refractivity contribution in [2.24, 2.45) is 5.92 Å². The highest BCUT2D eigenvalue weighted by Crippen LogP contribution is 2.25. The Hall–Kier alpha value is -0.780. The fraction of sp³-hybridized carbons (Fsp3) is 0.615. The molecule has 1 aromatic rings. The zero-order chi connectivity index (χ0) is 13.0. The maximum absolute atomic E-state index is 9.98. The predicted octanol–water partition coefficient (Wildman–Crippen LogP) is 1.43. The molecule has 0 amide bonds. The smallest absolute Gasteiger partial charge is 0.141 e. The van der Waals surface area contributed by atoms with Gasteiger partial charge in [0.05, 0.1) is 12.3 Å². The maximum Gasteiger partial charge on any atom is 0.141 e. The summed E-state index contributed by atoms with van der Waals surface area (Å²) in [5.74, 6) is 3.42. The minimum Gasteiger partial charge on any atom is -0.506 e. The summed E-state index contributed by atoms with van der Waals surface area (Å²) in [6.07, 6.45) is 2.91. The molecule has 1 aliphatic rings. The molecule has 0 aliphatic carbocycles. The molecule has 5 heteroatoms. The van der Waals surface area contributed by atoms with E-state index in [1.807, 2.05) is 11.8 Å². The van der Waals surface area contributed by atoms with Gasteiger partial charge in [0.2, 0.25) is 0 Å². The van der Waals surface area contributed by atoms with E-state index < -0.39 is 0 Å². The molecule has 0 aromatic carbocycles. The van der Waals surface area contributed by atoms with Crippen molar-refractivity contribution in [2.45, 2.75) is 26.5 Å². The number of nitrogens with one attached hydrogen (secondary N) is 1. The highest BCUT2D eigenvalue weighted by Gasteiger charge is 2.16. The first kappa shape index (κ1) is 13.6. The van der Waals surface area contributed by atoms with E-state index in [4.69, 9.17) is 0 Å². The van der Waals surface area contributed by atoms with Crippen LogP contribution in [0.25, 0.3) is 0 Å². The van der Waals surface area contributed by atoms with Crippen LogP contribution in [0.15, 0.2) is 6.20 Å². The SMILES string of the molecule is Cc1ncc(CO)c(CNCC2CCSC2)c1O. The van der Waals surface area contributed by atoms with Crippen molar-refractivity contribution in [3.63, 3.8) is 0 Å². The van der Waals surface area contributed by atoms with Gasteiger partial charge in [0.15, 0.2) is 0 Å². The van der Waals surface area contributed by atoms with E-state index in [1.165, 1.54) is 17.9 Å². The van der Waals surface area contributed by atoms with E-state index in [0.717, 1.165) is 18.0 Å². The highest BCUT2D eigenvalue weighted by atomic mass is 32.2. The zero-order valence-electron chi connectivity index (χ0n) is 10.6. The van der Waals surface area contributed by atoms with Crippen LogP contribution in [-0.2, 0) is 13.2 Å². The average Bonchev–Trinajstić information content (AvgIpc) is 2.88. The van der Waals surface area contributed by atoms with E-state index in [9.17, 15) is 10.2 Å². The summed E-state index contributed by atoms with van der Waals surface area (Å²) in [7, 11) is 0. The summed E-state index contributed by atoms with van der Waals surface area (Å²) in [6.45, 7) is 3.25. The molecule has 2 rings (SSSR count). The largest absolute Gasteiger partial charge is 0.506 e. The van der Waals surface area contributed by atoms with Crippen molar-refractivity contribution < 1.29 is 10.2 Å². The molecule has 1 saturated heterocycles. The van der Waals surface area contributed by atoms with Gasteiger partial charge in [-0.15, -0.1) is 0 Å². The minimum atomic E-state index is -0.0862. The lowest BCUT2D eigenvalue weighted by Gasteiger charge is -2.14. The van der Waals surface area contributed by atoms with Gasteiger partial charge in [-0.3, -0.25) is 4.98 Å². The lowest BCUT2D eigenvalue weighted by molar-refractivity contribution is 0.278. The van der Waals surface area contributed by atoms with Crippen LogP contribution < -0.4 is 5.32 Å². The topological polar surface area (TPSA) is 65.4 Å². The molecule has 4 nitrogen and oxygen atoms in total. The average molecular weight is 268 g/mol. The Bertz CT molecular complexity index is 406. The number of aromatic nitrogens is 1. The van der Waals surface area contributed by atoms with E-state index in [0.29, 0.717) is 17.8 Å². The molecule has 0 saturated carbocycles. The highest BCUT2D eigenvalue weighted by molar-refractivity contribution is 7.99. The number of hydrogen-bond donors (Lipinski definition) is 3. The summed E-state index contributed by atoms with van der Waals surface area (Å²) >= 11 is 2.00. The molecule has 1 atom stereocenters. The van der Waals surface area contributed by atoms with Crippen molar-refractivity contribution in [1.29, 1.82) is 0 Å². The zero-order valence-corrected chi connectivity index (χ0v) is 11.5. The Labute approximate surface area is 112 Å². The summed E-state index contributed by atoms with van der Waals surface area (Å²) in [5.41, 5.74) is 2.09.